The smallest absolute Gasteiger partial charge is 0.336 e. The molecule has 0 unspecified atom stereocenters. The van der Waals surface area contributed by atoms with E-state index in [4.69, 9.17) is 16.3 Å². The number of aromatic carboxylic acids is 1. The molecule has 1 aliphatic rings. The molecule has 4 rings (SSSR count). The van der Waals surface area contributed by atoms with Crippen LogP contribution in [0.25, 0.3) is 0 Å². The predicted molar refractivity (Wildman–Crippen MR) is 113 cm³/mol. The standard InChI is InChI=1S/C23H19ClF2N2O3/c24-15-4-6-21(31-12-13-3-5-16(25)10-20(13)26)14(8-15)9-17-11-19(23(29)30)18-2-1-7-27-22(18)28-17/h3-6,8,10-11H,1-2,7,9,12H2,(H,27,28)(H,29,30). The van der Waals surface area contributed by atoms with Gasteiger partial charge in [-0.1, -0.05) is 11.6 Å². The van der Waals surface area contributed by atoms with Gasteiger partial charge >= 0.3 is 5.97 Å². The third-order valence-corrected chi connectivity index (χ3v) is 5.33. The third kappa shape index (κ3) is 4.77. The maximum absolute atomic E-state index is 13.9. The van der Waals surface area contributed by atoms with E-state index in [2.05, 4.69) is 10.3 Å². The fourth-order valence-electron chi connectivity index (χ4n) is 3.59. The summed E-state index contributed by atoms with van der Waals surface area (Å²) in [5.41, 5.74) is 2.37. The molecule has 31 heavy (non-hydrogen) atoms. The quantitative estimate of drug-likeness (QED) is 0.544. The Morgan fingerprint density at radius 1 is 1.16 bits per heavy atom. The molecule has 5 nitrogen and oxygen atoms in total. The fraction of sp³-hybridized carbons (Fsp3) is 0.217. The molecule has 0 saturated heterocycles. The summed E-state index contributed by atoms with van der Waals surface area (Å²) in [5.74, 6) is -1.31. The van der Waals surface area contributed by atoms with Crippen LogP contribution in [0.5, 0.6) is 5.75 Å². The number of carboxylic acids is 1. The first-order valence-electron chi connectivity index (χ1n) is 9.76. The molecule has 2 aromatic carbocycles. The van der Waals surface area contributed by atoms with Crippen molar-refractivity contribution in [3.05, 3.63) is 87.1 Å². The van der Waals surface area contributed by atoms with Crippen molar-refractivity contribution in [2.45, 2.75) is 25.9 Å². The Balaban J connectivity index is 1.62. The molecule has 0 atom stereocenters. The Morgan fingerprint density at radius 2 is 2.00 bits per heavy atom. The maximum atomic E-state index is 13.9. The Kier molecular flexibility index (Phi) is 6.04. The van der Waals surface area contributed by atoms with E-state index in [-0.39, 0.29) is 24.2 Å². The van der Waals surface area contributed by atoms with Gasteiger partial charge in [0.1, 0.15) is 29.8 Å². The second-order valence-corrected chi connectivity index (χ2v) is 7.71. The highest BCUT2D eigenvalue weighted by molar-refractivity contribution is 6.30. The van der Waals surface area contributed by atoms with Crippen LogP contribution in [0.3, 0.4) is 0 Å². The van der Waals surface area contributed by atoms with Crippen LogP contribution >= 0.6 is 11.6 Å². The summed E-state index contributed by atoms with van der Waals surface area (Å²) in [4.78, 5) is 16.3. The summed E-state index contributed by atoms with van der Waals surface area (Å²) in [6.45, 7) is 0.636. The monoisotopic (exact) mass is 444 g/mol. The number of fused-ring (bicyclic) bond motifs is 1. The minimum atomic E-state index is -1.00. The van der Waals surface area contributed by atoms with E-state index in [0.717, 1.165) is 19.0 Å². The molecule has 0 radical (unpaired) electrons. The van der Waals surface area contributed by atoms with E-state index in [1.54, 1.807) is 24.3 Å². The molecule has 0 spiro atoms. The van der Waals surface area contributed by atoms with Gasteiger partial charge in [0.25, 0.3) is 0 Å². The fourth-order valence-corrected chi connectivity index (χ4v) is 3.79. The van der Waals surface area contributed by atoms with Crippen LogP contribution in [0.1, 0.15) is 39.2 Å². The number of nitrogens with zero attached hydrogens (tertiary/aromatic N) is 1. The van der Waals surface area contributed by atoms with E-state index < -0.39 is 17.6 Å². The molecule has 0 bridgehead atoms. The van der Waals surface area contributed by atoms with Crippen molar-refractivity contribution >= 4 is 23.4 Å². The van der Waals surface area contributed by atoms with Crippen LogP contribution in [0.4, 0.5) is 14.6 Å². The predicted octanol–water partition coefficient (Wildman–Crippen LogP) is 5.24. The van der Waals surface area contributed by atoms with Gasteiger partial charge in [0.05, 0.1) is 5.56 Å². The van der Waals surface area contributed by atoms with Crippen LogP contribution in [0.15, 0.2) is 42.5 Å². The zero-order valence-corrected chi connectivity index (χ0v) is 17.2. The minimum absolute atomic E-state index is 0.0969. The number of carboxylic acid groups (broad SMARTS) is 1. The molecular weight excluding hydrogens is 426 g/mol. The topological polar surface area (TPSA) is 71.5 Å². The first-order chi connectivity index (χ1) is 14.9. The molecular formula is C23H19ClF2N2O3. The van der Waals surface area contributed by atoms with E-state index in [1.807, 2.05) is 0 Å². The van der Waals surface area contributed by atoms with E-state index >= 15 is 0 Å². The SMILES string of the molecule is O=C(O)c1cc(Cc2cc(Cl)ccc2OCc2ccc(F)cc2F)nc2c1CCCN2. The van der Waals surface area contributed by atoms with Crippen LogP contribution in [-0.4, -0.2) is 22.6 Å². The molecule has 0 amide bonds. The summed E-state index contributed by atoms with van der Waals surface area (Å²) < 4.78 is 32.8. The van der Waals surface area contributed by atoms with Crippen molar-refractivity contribution < 1.29 is 23.4 Å². The van der Waals surface area contributed by atoms with Gasteiger partial charge in [-0.25, -0.2) is 18.6 Å². The van der Waals surface area contributed by atoms with Gasteiger partial charge in [-0.3, -0.25) is 0 Å². The lowest BCUT2D eigenvalue weighted by atomic mass is 9.98. The van der Waals surface area contributed by atoms with Gasteiger partial charge in [0.15, 0.2) is 0 Å². The average Bonchev–Trinajstić information content (AvgIpc) is 2.73. The van der Waals surface area contributed by atoms with E-state index in [0.29, 0.717) is 39.8 Å². The molecule has 3 aromatic rings. The van der Waals surface area contributed by atoms with Crippen molar-refractivity contribution in [2.24, 2.45) is 0 Å². The zero-order valence-electron chi connectivity index (χ0n) is 16.4. The molecule has 0 fully saturated rings. The van der Waals surface area contributed by atoms with Crippen molar-refractivity contribution in [2.75, 3.05) is 11.9 Å². The van der Waals surface area contributed by atoms with E-state index in [9.17, 15) is 18.7 Å². The van der Waals surface area contributed by atoms with Crippen molar-refractivity contribution in [1.29, 1.82) is 0 Å². The Hall–Kier alpha value is -3.19. The minimum Gasteiger partial charge on any atom is -0.489 e. The Labute approximate surface area is 182 Å². The molecule has 8 heteroatoms. The van der Waals surface area contributed by atoms with Crippen molar-refractivity contribution in [3.63, 3.8) is 0 Å². The summed E-state index contributed by atoms with van der Waals surface area (Å²) in [6, 6.07) is 9.88. The number of hydrogen-bond donors (Lipinski definition) is 2. The Morgan fingerprint density at radius 3 is 2.77 bits per heavy atom. The number of carbonyl (C=O) groups is 1. The normalized spacial score (nSPS) is 12.7. The third-order valence-electron chi connectivity index (χ3n) is 5.10. The Bertz CT molecular complexity index is 1150. The summed E-state index contributed by atoms with van der Waals surface area (Å²) in [6.07, 6.45) is 1.78. The number of aromatic nitrogens is 1. The summed E-state index contributed by atoms with van der Waals surface area (Å²) >= 11 is 6.16. The van der Waals surface area contributed by atoms with Crippen LogP contribution in [0.2, 0.25) is 5.02 Å². The summed E-state index contributed by atoms with van der Waals surface area (Å²) in [7, 11) is 0. The van der Waals surface area contributed by atoms with Crippen LogP contribution < -0.4 is 10.1 Å². The number of pyridine rings is 1. The highest BCUT2D eigenvalue weighted by Crippen LogP contribution is 2.29. The molecule has 0 saturated carbocycles. The second-order valence-electron chi connectivity index (χ2n) is 7.28. The lowest BCUT2D eigenvalue weighted by Gasteiger charge is -2.20. The second kappa shape index (κ2) is 8.89. The lowest BCUT2D eigenvalue weighted by molar-refractivity contribution is 0.0695. The molecule has 2 N–H and O–H groups in total. The van der Waals surface area contributed by atoms with Crippen LogP contribution in [-0.2, 0) is 19.4 Å². The number of anilines is 1. The molecule has 160 valence electrons. The molecule has 2 heterocycles. The molecule has 0 aliphatic carbocycles. The average molecular weight is 445 g/mol. The number of nitrogens with one attached hydrogen (secondary N) is 1. The first kappa shape index (κ1) is 21.1. The van der Waals surface area contributed by atoms with Gasteiger partial charge in [-0.2, -0.15) is 0 Å². The van der Waals surface area contributed by atoms with Gasteiger partial charge in [-0.05, 0) is 49.2 Å². The number of benzene rings is 2. The zero-order chi connectivity index (χ0) is 22.0. The van der Waals surface area contributed by atoms with Crippen LogP contribution in [0, 0.1) is 11.6 Å². The number of halogens is 3. The largest absolute Gasteiger partial charge is 0.489 e. The van der Waals surface area contributed by atoms with Gasteiger partial charge in [0, 0.05) is 46.4 Å². The summed E-state index contributed by atoms with van der Waals surface area (Å²) in [5, 5.41) is 13.3. The van der Waals surface area contributed by atoms with Crippen molar-refractivity contribution in [1.82, 2.24) is 4.98 Å². The van der Waals surface area contributed by atoms with E-state index in [1.165, 1.54) is 12.1 Å². The molecule has 1 aromatic heterocycles. The highest BCUT2D eigenvalue weighted by atomic mass is 35.5. The number of ether oxygens (including phenoxy) is 1. The number of rotatable bonds is 6. The van der Waals surface area contributed by atoms with Crippen molar-refractivity contribution in [3.8, 4) is 5.75 Å². The highest BCUT2D eigenvalue weighted by Gasteiger charge is 2.21. The first-order valence-corrected chi connectivity index (χ1v) is 10.1. The maximum Gasteiger partial charge on any atom is 0.336 e. The number of hydrogen-bond acceptors (Lipinski definition) is 4. The molecule has 1 aliphatic heterocycles. The van der Waals surface area contributed by atoms with Gasteiger partial charge in [-0.15, -0.1) is 0 Å². The van der Waals surface area contributed by atoms with Gasteiger partial charge < -0.3 is 15.2 Å². The lowest BCUT2D eigenvalue weighted by Crippen LogP contribution is -2.18. The van der Waals surface area contributed by atoms with Gasteiger partial charge in [0.2, 0.25) is 0 Å².